The Labute approximate surface area is 179 Å². The van der Waals surface area contributed by atoms with Crippen molar-refractivity contribution in [2.45, 2.75) is 31.6 Å². The Morgan fingerprint density at radius 1 is 1.07 bits per heavy atom. The van der Waals surface area contributed by atoms with Crippen LogP contribution in [0.15, 0.2) is 72.1 Å². The van der Waals surface area contributed by atoms with Gasteiger partial charge in [-0.1, -0.05) is 54.2 Å². The first-order valence-electron chi connectivity index (χ1n) is 9.90. The lowest BCUT2D eigenvalue weighted by molar-refractivity contribution is -0.119. The molecule has 7 heteroatoms. The van der Waals surface area contributed by atoms with Gasteiger partial charge in [0, 0.05) is 24.5 Å². The molecular weight excluding hydrogens is 394 g/mol. The molecule has 0 bridgehead atoms. The van der Waals surface area contributed by atoms with Gasteiger partial charge in [-0.15, -0.1) is 10.2 Å². The molecule has 30 heavy (non-hydrogen) atoms. The van der Waals surface area contributed by atoms with E-state index in [1.54, 1.807) is 12.4 Å². The van der Waals surface area contributed by atoms with E-state index in [1.165, 1.54) is 17.1 Å². The summed E-state index contributed by atoms with van der Waals surface area (Å²) in [4.78, 5) is 16.7. The summed E-state index contributed by atoms with van der Waals surface area (Å²) in [5.41, 5.74) is 2.07. The van der Waals surface area contributed by atoms with Gasteiger partial charge in [0.25, 0.3) is 0 Å². The lowest BCUT2D eigenvalue weighted by atomic mass is 10.00. The zero-order valence-electron chi connectivity index (χ0n) is 16.9. The van der Waals surface area contributed by atoms with Crippen LogP contribution in [0.2, 0.25) is 0 Å². The summed E-state index contributed by atoms with van der Waals surface area (Å²) < 4.78 is 2.02. The van der Waals surface area contributed by atoms with Crippen molar-refractivity contribution in [3.8, 4) is 11.4 Å². The van der Waals surface area contributed by atoms with Gasteiger partial charge in [-0.05, 0) is 42.3 Å². The van der Waals surface area contributed by atoms with Crippen molar-refractivity contribution in [3.05, 3.63) is 72.6 Å². The fraction of sp³-hybridized carbons (Fsp3) is 0.217. The van der Waals surface area contributed by atoms with Gasteiger partial charge in [-0.25, -0.2) is 0 Å². The molecule has 0 saturated carbocycles. The predicted octanol–water partition coefficient (Wildman–Crippen LogP) is 4.48. The molecule has 6 nitrogen and oxygen atoms in total. The van der Waals surface area contributed by atoms with Gasteiger partial charge in [0.2, 0.25) is 5.91 Å². The molecule has 1 unspecified atom stereocenters. The normalized spacial score (nSPS) is 12.1. The number of amides is 1. The molecule has 4 rings (SSSR count). The summed E-state index contributed by atoms with van der Waals surface area (Å²) in [5, 5.41) is 14.8. The van der Waals surface area contributed by atoms with Crippen molar-refractivity contribution in [2.24, 2.45) is 0 Å². The first-order valence-corrected chi connectivity index (χ1v) is 10.9. The molecule has 2 aromatic heterocycles. The summed E-state index contributed by atoms with van der Waals surface area (Å²) in [6.45, 7) is 4.78. The molecule has 1 atom stereocenters. The van der Waals surface area contributed by atoms with Gasteiger partial charge < -0.3 is 9.88 Å². The molecule has 0 fully saturated rings. The monoisotopic (exact) mass is 417 g/mol. The highest BCUT2D eigenvalue weighted by Crippen LogP contribution is 2.25. The number of hydrogen-bond acceptors (Lipinski definition) is 5. The fourth-order valence-electron chi connectivity index (χ4n) is 3.51. The molecule has 0 aliphatic carbocycles. The van der Waals surface area contributed by atoms with Crippen LogP contribution in [0, 0.1) is 0 Å². The van der Waals surface area contributed by atoms with E-state index in [0.29, 0.717) is 0 Å². The molecule has 0 radical (unpaired) electrons. The van der Waals surface area contributed by atoms with Gasteiger partial charge in [0.05, 0.1) is 11.8 Å². The third-order valence-corrected chi connectivity index (χ3v) is 5.94. The van der Waals surface area contributed by atoms with Gasteiger partial charge in [-0.2, -0.15) is 0 Å². The molecule has 2 aromatic carbocycles. The quantitative estimate of drug-likeness (QED) is 0.449. The van der Waals surface area contributed by atoms with Crippen LogP contribution in [0.25, 0.3) is 22.2 Å². The molecule has 0 saturated heterocycles. The zero-order valence-corrected chi connectivity index (χ0v) is 17.8. The van der Waals surface area contributed by atoms with E-state index in [4.69, 9.17) is 0 Å². The number of rotatable bonds is 7. The van der Waals surface area contributed by atoms with Crippen LogP contribution in [0.5, 0.6) is 0 Å². The Bertz CT molecular complexity index is 1150. The van der Waals surface area contributed by atoms with E-state index < -0.39 is 0 Å². The summed E-state index contributed by atoms with van der Waals surface area (Å²) in [7, 11) is 0. The second kappa shape index (κ2) is 9.09. The largest absolute Gasteiger partial charge is 0.349 e. The van der Waals surface area contributed by atoms with E-state index in [0.717, 1.165) is 34.0 Å². The topological polar surface area (TPSA) is 72.7 Å². The first kappa shape index (κ1) is 20.1. The van der Waals surface area contributed by atoms with Crippen molar-refractivity contribution in [1.82, 2.24) is 25.1 Å². The summed E-state index contributed by atoms with van der Waals surface area (Å²) in [6.07, 6.45) is 3.47. The third-order valence-electron chi connectivity index (χ3n) is 4.97. The summed E-state index contributed by atoms with van der Waals surface area (Å²) in [6, 6.07) is 18.1. The highest BCUT2D eigenvalue weighted by molar-refractivity contribution is 7.99. The number of nitrogens with zero attached hydrogens (tertiary/aromatic N) is 4. The number of fused-ring (bicyclic) bond motifs is 1. The van der Waals surface area contributed by atoms with Crippen LogP contribution < -0.4 is 5.32 Å². The van der Waals surface area contributed by atoms with E-state index in [2.05, 4.69) is 44.8 Å². The molecule has 4 aromatic rings. The number of aromatic nitrogens is 4. The number of nitrogens with one attached hydrogen (secondary N) is 1. The van der Waals surface area contributed by atoms with E-state index >= 15 is 0 Å². The van der Waals surface area contributed by atoms with Crippen LogP contribution in [0.4, 0.5) is 0 Å². The number of hydrogen-bond donors (Lipinski definition) is 1. The van der Waals surface area contributed by atoms with Crippen molar-refractivity contribution in [3.63, 3.8) is 0 Å². The molecule has 1 amide bonds. The number of thioether (sulfide) groups is 1. The van der Waals surface area contributed by atoms with Gasteiger partial charge in [0.15, 0.2) is 11.0 Å². The first-order chi connectivity index (χ1) is 14.7. The number of carbonyl (C=O) groups is 1. The SMILES string of the molecule is CCn1c(SCC(=O)NC(C)c2cccc3ccccc23)nnc1-c1ccncc1. The number of pyridine rings is 1. The Morgan fingerprint density at radius 3 is 2.63 bits per heavy atom. The molecule has 1 N–H and O–H groups in total. The van der Waals surface area contributed by atoms with Crippen molar-refractivity contribution in [2.75, 3.05) is 5.75 Å². The molecule has 0 spiro atoms. The summed E-state index contributed by atoms with van der Waals surface area (Å²) in [5.74, 6) is 1.03. The molecule has 152 valence electrons. The number of benzene rings is 2. The van der Waals surface area contributed by atoms with Crippen molar-refractivity contribution in [1.29, 1.82) is 0 Å². The maximum absolute atomic E-state index is 12.6. The van der Waals surface area contributed by atoms with E-state index in [9.17, 15) is 4.79 Å². The van der Waals surface area contributed by atoms with Crippen LogP contribution in [-0.2, 0) is 11.3 Å². The lowest BCUT2D eigenvalue weighted by Crippen LogP contribution is -2.28. The average Bonchev–Trinajstić information content (AvgIpc) is 3.20. The maximum Gasteiger partial charge on any atom is 0.230 e. The van der Waals surface area contributed by atoms with Crippen LogP contribution in [-0.4, -0.2) is 31.4 Å². The molecule has 0 aliphatic heterocycles. The minimum atomic E-state index is -0.0828. The Balaban J connectivity index is 1.43. The van der Waals surface area contributed by atoms with Gasteiger partial charge in [-0.3, -0.25) is 9.78 Å². The maximum atomic E-state index is 12.6. The third kappa shape index (κ3) is 4.21. The Kier molecular flexibility index (Phi) is 6.09. The van der Waals surface area contributed by atoms with Gasteiger partial charge >= 0.3 is 0 Å². The lowest BCUT2D eigenvalue weighted by Gasteiger charge is -2.16. The predicted molar refractivity (Wildman–Crippen MR) is 120 cm³/mol. The van der Waals surface area contributed by atoms with Crippen LogP contribution in [0.1, 0.15) is 25.5 Å². The minimum absolute atomic E-state index is 0.0310. The van der Waals surface area contributed by atoms with Crippen LogP contribution >= 0.6 is 11.8 Å². The average molecular weight is 418 g/mol. The standard InChI is InChI=1S/C23H23N5OS/c1-3-28-22(18-11-13-24-14-12-18)26-27-23(28)30-15-21(29)25-16(2)19-10-6-8-17-7-4-5-9-20(17)19/h4-14,16H,3,15H2,1-2H3,(H,25,29). The van der Waals surface area contributed by atoms with Crippen molar-refractivity contribution >= 4 is 28.4 Å². The smallest absolute Gasteiger partial charge is 0.230 e. The highest BCUT2D eigenvalue weighted by Gasteiger charge is 2.16. The highest BCUT2D eigenvalue weighted by atomic mass is 32.2. The summed E-state index contributed by atoms with van der Waals surface area (Å²) >= 11 is 1.40. The second-order valence-corrected chi connectivity index (χ2v) is 7.88. The fourth-order valence-corrected chi connectivity index (χ4v) is 4.33. The minimum Gasteiger partial charge on any atom is -0.349 e. The van der Waals surface area contributed by atoms with Gasteiger partial charge in [0.1, 0.15) is 0 Å². The van der Waals surface area contributed by atoms with E-state index in [-0.39, 0.29) is 17.7 Å². The van der Waals surface area contributed by atoms with Crippen LogP contribution in [0.3, 0.4) is 0 Å². The Hall–Kier alpha value is -3.19. The molecule has 0 aliphatic rings. The molecular formula is C23H23N5OS. The molecule has 2 heterocycles. The van der Waals surface area contributed by atoms with Crippen molar-refractivity contribution < 1.29 is 4.79 Å². The zero-order chi connectivity index (χ0) is 20.9. The number of carbonyl (C=O) groups excluding carboxylic acids is 1. The van der Waals surface area contributed by atoms with E-state index in [1.807, 2.05) is 48.7 Å². The second-order valence-electron chi connectivity index (χ2n) is 6.93. The Morgan fingerprint density at radius 2 is 1.83 bits per heavy atom.